The Bertz CT molecular complexity index is 601. The number of carbonyl (C=O) groups is 1. The van der Waals surface area contributed by atoms with Crippen molar-refractivity contribution < 1.29 is 18.0 Å². The minimum Gasteiger partial charge on any atom is -0.368 e. The summed E-state index contributed by atoms with van der Waals surface area (Å²) in [7, 11) is 0. The van der Waals surface area contributed by atoms with E-state index in [1.165, 1.54) is 12.1 Å². The lowest BCUT2D eigenvalue weighted by Crippen LogP contribution is -2.51. The third-order valence-corrected chi connectivity index (χ3v) is 5.22. The van der Waals surface area contributed by atoms with Crippen LogP contribution in [0.15, 0.2) is 24.3 Å². The number of piperazine rings is 1. The van der Waals surface area contributed by atoms with E-state index in [9.17, 15) is 18.0 Å². The molecule has 2 fully saturated rings. The molecular formula is C18H25ClF3N3O. The van der Waals surface area contributed by atoms with E-state index in [-0.39, 0.29) is 30.3 Å². The summed E-state index contributed by atoms with van der Waals surface area (Å²) in [6.07, 6.45) is -0.650. The Hall–Kier alpha value is -1.47. The molecule has 146 valence electrons. The average Bonchev–Trinajstić information content (AvgIpc) is 2.61. The highest BCUT2D eigenvalue weighted by Crippen LogP contribution is 2.31. The summed E-state index contributed by atoms with van der Waals surface area (Å²) in [5.41, 5.74) is 6.10. The molecule has 4 nitrogen and oxygen atoms in total. The van der Waals surface area contributed by atoms with Crippen LogP contribution >= 0.6 is 12.4 Å². The predicted molar refractivity (Wildman–Crippen MR) is 97.4 cm³/mol. The van der Waals surface area contributed by atoms with Crippen LogP contribution in [0.1, 0.15) is 31.2 Å². The number of amides is 1. The van der Waals surface area contributed by atoms with Crippen molar-refractivity contribution in [3.63, 3.8) is 0 Å². The van der Waals surface area contributed by atoms with Crippen LogP contribution in [0.4, 0.5) is 18.9 Å². The minimum absolute atomic E-state index is 0. The van der Waals surface area contributed by atoms with E-state index in [2.05, 4.69) is 0 Å². The minimum atomic E-state index is -4.31. The van der Waals surface area contributed by atoms with Crippen molar-refractivity contribution in [1.82, 2.24) is 4.90 Å². The van der Waals surface area contributed by atoms with E-state index in [1.54, 1.807) is 0 Å². The lowest BCUT2D eigenvalue weighted by atomic mass is 9.85. The molecular weight excluding hydrogens is 367 g/mol. The molecule has 0 spiro atoms. The van der Waals surface area contributed by atoms with Crippen molar-refractivity contribution in [3.8, 4) is 0 Å². The quantitative estimate of drug-likeness (QED) is 0.841. The summed E-state index contributed by atoms with van der Waals surface area (Å²) in [4.78, 5) is 16.5. The molecule has 0 radical (unpaired) electrons. The van der Waals surface area contributed by atoms with Gasteiger partial charge in [-0.15, -0.1) is 12.4 Å². The second-order valence-corrected chi connectivity index (χ2v) is 6.98. The first-order chi connectivity index (χ1) is 11.8. The van der Waals surface area contributed by atoms with Crippen LogP contribution in [-0.4, -0.2) is 43.0 Å². The Morgan fingerprint density at radius 1 is 1.04 bits per heavy atom. The van der Waals surface area contributed by atoms with Gasteiger partial charge in [-0.3, -0.25) is 4.79 Å². The summed E-state index contributed by atoms with van der Waals surface area (Å²) < 4.78 is 37.9. The van der Waals surface area contributed by atoms with Crippen molar-refractivity contribution in [3.05, 3.63) is 29.8 Å². The summed E-state index contributed by atoms with van der Waals surface area (Å²) in [6.45, 7) is 2.48. The molecule has 1 aliphatic heterocycles. The van der Waals surface area contributed by atoms with E-state index in [1.807, 2.05) is 9.80 Å². The largest absolute Gasteiger partial charge is 0.416 e. The van der Waals surface area contributed by atoms with E-state index in [4.69, 9.17) is 5.73 Å². The molecule has 2 unspecified atom stereocenters. The zero-order valence-electron chi connectivity index (χ0n) is 14.5. The lowest BCUT2D eigenvalue weighted by Gasteiger charge is -2.38. The van der Waals surface area contributed by atoms with Gasteiger partial charge in [-0.2, -0.15) is 13.2 Å². The molecule has 8 heteroatoms. The zero-order valence-corrected chi connectivity index (χ0v) is 15.4. The van der Waals surface area contributed by atoms with Crippen LogP contribution in [-0.2, 0) is 11.0 Å². The number of hydrogen-bond acceptors (Lipinski definition) is 3. The molecule has 1 amide bonds. The number of halogens is 4. The third-order valence-electron chi connectivity index (χ3n) is 5.22. The Kier molecular flexibility index (Phi) is 6.80. The number of alkyl halides is 3. The number of nitrogens with zero attached hydrogens (tertiary/aromatic N) is 2. The number of carbonyl (C=O) groups excluding carboxylic acids is 1. The summed E-state index contributed by atoms with van der Waals surface area (Å²) in [5, 5.41) is 0. The van der Waals surface area contributed by atoms with Gasteiger partial charge in [-0.1, -0.05) is 6.42 Å². The first-order valence-corrected chi connectivity index (χ1v) is 8.81. The van der Waals surface area contributed by atoms with Crippen molar-refractivity contribution in [2.24, 2.45) is 11.7 Å². The molecule has 2 atom stereocenters. The van der Waals surface area contributed by atoms with Crippen LogP contribution in [0, 0.1) is 5.92 Å². The van der Waals surface area contributed by atoms with Crippen LogP contribution in [0.3, 0.4) is 0 Å². The molecule has 1 aromatic rings. The molecule has 2 aliphatic rings. The highest BCUT2D eigenvalue weighted by molar-refractivity contribution is 5.85. The van der Waals surface area contributed by atoms with Gasteiger partial charge in [0.2, 0.25) is 5.91 Å². The fourth-order valence-electron chi connectivity index (χ4n) is 3.76. The van der Waals surface area contributed by atoms with Crippen LogP contribution < -0.4 is 10.6 Å². The van der Waals surface area contributed by atoms with Crippen molar-refractivity contribution >= 4 is 24.0 Å². The molecule has 0 bridgehead atoms. The smallest absolute Gasteiger partial charge is 0.368 e. The second-order valence-electron chi connectivity index (χ2n) is 6.98. The van der Waals surface area contributed by atoms with Gasteiger partial charge >= 0.3 is 6.18 Å². The van der Waals surface area contributed by atoms with Gasteiger partial charge in [0.1, 0.15) is 0 Å². The molecule has 0 aromatic heterocycles. The number of anilines is 1. The summed E-state index contributed by atoms with van der Waals surface area (Å²) >= 11 is 0. The predicted octanol–water partition coefficient (Wildman–Crippen LogP) is 3.29. The number of rotatable bonds is 2. The molecule has 1 aromatic carbocycles. The SMILES string of the molecule is Cl.NC1CCCC(C(=O)N2CCN(c3ccc(C(F)(F)F)cc3)CC2)C1. The topological polar surface area (TPSA) is 49.6 Å². The van der Waals surface area contributed by atoms with E-state index >= 15 is 0 Å². The normalized spacial score (nSPS) is 24.2. The monoisotopic (exact) mass is 391 g/mol. The fourth-order valence-corrected chi connectivity index (χ4v) is 3.76. The van der Waals surface area contributed by atoms with Crippen LogP contribution in [0.2, 0.25) is 0 Å². The maximum Gasteiger partial charge on any atom is 0.416 e. The average molecular weight is 392 g/mol. The Morgan fingerprint density at radius 2 is 1.65 bits per heavy atom. The van der Waals surface area contributed by atoms with E-state index < -0.39 is 11.7 Å². The highest BCUT2D eigenvalue weighted by atomic mass is 35.5. The zero-order chi connectivity index (χ0) is 18.0. The Balaban J connectivity index is 0.00000243. The molecule has 1 saturated carbocycles. The first kappa shape index (κ1) is 20.8. The standard InChI is InChI=1S/C18H24F3N3O.ClH/c19-18(20,21)14-4-6-16(7-5-14)23-8-10-24(11-9-23)17(25)13-2-1-3-15(22)12-13;/h4-7,13,15H,1-3,8-12,22H2;1H. The molecule has 3 rings (SSSR count). The van der Waals surface area contributed by atoms with Crippen LogP contribution in [0.5, 0.6) is 0 Å². The lowest BCUT2D eigenvalue weighted by molar-refractivity contribution is -0.138. The van der Waals surface area contributed by atoms with Gasteiger partial charge in [0.05, 0.1) is 5.56 Å². The number of hydrogen-bond donors (Lipinski definition) is 1. The van der Waals surface area contributed by atoms with E-state index in [0.717, 1.165) is 43.5 Å². The Morgan fingerprint density at radius 3 is 2.19 bits per heavy atom. The number of nitrogens with two attached hydrogens (primary N) is 1. The Labute approximate surface area is 157 Å². The highest BCUT2D eigenvalue weighted by Gasteiger charge is 2.32. The van der Waals surface area contributed by atoms with Crippen molar-refractivity contribution in [2.45, 2.75) is 37.9 Å². The summed E-state index contributed by atoms with van der Waals surface area (Å²) in [5.74, 6) is 0.212. The number of benzene rings is 1. The van der Waals surface area contributed by atoms with Crippen molar-refractivity contribution in [1.29, 1.82) is 0 Å². The second kappa shape index (κ2) is 8.48. The fraction of sp³-hybridized carbons (Fsp3) is 0.611. The molecule has 1 saturated heterocycles. The van der Waals surface area contributed by atoms with Gasteiger partial charge in [0.25, 0.3) is 0 Å². The van der Waals surface area contributed by atoms with E-state index in [0.29, 0.717) is 26.2 Å². The van der Waals surface area contributed by atoms with Gasteiger partial charge in [-0.05, 0) is 43.5 Å². The first-order valence-electron chi connectivity index (χ1n) is 8.81. The maximum atomic E-state index is 12.6. The van der Waals surface area contributed by atoms with Crippen molar-refractivity contribution in [2.75, 3.05) is 31.1 Å². The van der Waals surface area contributed by atoms with Gasteiger partial charge in [-0.25, -0.2) is 0 Å². The van der Waals surface area contributed by atoms with Gasteiger partial charge in [0, 0.05) is 43.8 Å². The molecule has 26 heavy (non-hydrogen) atoms. The molecule has 1 heterocycles. The molecule has 2 N–H and O–H groups in total. The molecule has 1 aliphatic carbocycles. The van der Waals surface area contributed by atoms with Crippen LogP contribution in [0.25, 0.3) is 0 Å². The summed E-state index contributed by atoms with van der Waals surface area (Å²) in [6, 6.07) is 5.34. The van der Waals surface area contributed by atoms with Gasteiger partial charge in [0.15, 0.2) is 0 Å². The third kappa shape index (κ3) is 4.82. The van der Waals surface area contributed by atoms with Gasteiger partial charge < -0.3 is 15.5 Å². The maximum absolute atomic E-state index is 12.6.